The van der Waals surface area contributed by atoms with Crippen molar-refractivity contribution < 1.29 is 9.47 Å². The largest absolute Gasteiger partial charge is 0.493 e. The highest BCUT2D eigenvalue weighted by molar-refractivity contribution is 7.71. The maximum Gasteiger partial charge on any atom is 0.262 e. The minimum absolute atomic E-state index is 0.165. The Kier molecular flexibility index (Phi) is 4.99. The molecule has 0 aliphatic rings. The molecule has 3 rings (SSSR count). The highest BCUT2D eigenvalue weighted by atomic mass is 32.1. The first-order chi connectivity index (χ1) is 12.4. The van der Waals surface area contributed by atoms with Crippen molar-refractivity contribution in [1.29, 1.82) is 0 Å². The second-order valence-corrected chi connectivity index (χ2v) is 6.52. The van der Waals surface area contributed by atoms with Gasteiger partial charge in [0.1, 0.15) is 0 Å². The monoisotopic (exact) mass is 371 g/mol. The third-order valence-electron chi connectivity index (χ3n) is 4.28. The van der Waals surface area contributed by atoms with E-state index in [0.717, 1.165) is 11.3 Å². The predicted molar refractivity (Wildman–Crippen MR) is 106 cm³/mol. The maximum atomic E-state index is 13.0. The second-order valence-electron chi connectivity index (χ2n) is 6.14. The van der Waals surface area contributed by atoms with Crippen LogP contribution in [0.15, 0.2) is 41.2 Å². The molecule has 7 heteroatoms. The lowest BCUT2D eigenvalue weighted by Gasteiger charge is -2.14. The molecule has 26 heavy (non-hydrogen) atoms. The standard InChI is InChI=1S/C19H21N3O3S/c1-21(2)13-7-5-12(6-8-13)11-22-18(23)14-9-16(24-3)17(25-4)10-15(14)20-19(22)26/h5-10H,11H2,1-4H3,(H,20,26). The Balaban J connectivity index is 2.08. The van der Waals surface area contributed by atoms with Gasteiger partial charge < -0.3 is 19.4 Å². The highest BCUT2D eigenvalue weighted by Gasteiger charge is 2.12. The van der Waals surface area contributed by atoms with Crippen molar-refractivity contribution >= 4 is 28.8 Å². The van der Waals surface area contributed by atoms with Gasteiger partial charge in [-0.3, -0.25) is 9.36 Å². The molecule has 0 radical (unpaired) electrons. The van der Waals surface area contributed by atoms with E-state index < -0.39 is 0 Å². The van der Waals surface area contributed by atoms with E-state index in [2.05, 4.69) is 4.98 Å². The van der Waals surface area contributed by atoms with Crippen LogP contribution in [-0.2, 0) is 6.54 Å². The van der Waals surface area contributed by atoms with Crippen LogP contribution in [0, 0.1) is 4.77 Å². The van der Waals surface area contributed by atoms with Crippen LogP contribution in [-0.4, -0.2) is 37.9 Å². The number of benzene rings is 2. The number of hydrogen-bond donors (Lipinski definition) is 1. The number of methoxy groups -OCH3 is 2. The molecule has 0 aliphatic heterocycles. The first-order valence-corrected chi connectivity index (χ1v) is 8.50. The fourth-order valence-electron chi connectivity index (χ4n) is 2.81. The summed E-state index contributed by atoms with van der Waals surface area (Å²) >= 11 is 5.40. The predicted octanol–water partition coefficient (Wildman–Crippen LogP) is 3.19. The number of ether oxygens (including phenoxy) is 2. The lowest BCUT2D eigenvalue weighted by Crippen LogP contribution is -2.23. The van der Waals surface area contributed by atoms with Crippen molar-refractivity contribution in [2.24, 2.45) is 0 Å². The Morgan fingerprint density at radius 2 is 1.69 bits per heavy atom. The van der Waals surface area contributed by atoms with Crippen LogP contribution in [0.5, 0.6) is 11.5 Å². The van der Waals surface area contributed by atoms with Gasteiger partial charge in [0.15, 0.2) is 16.3 Å². The summed E-state index contributed by atoms with van der Waals surface area (Å²) in [6, 6.07) is 11.4. The molecule has 0 spiro atoms. The van der Waals surface area contributed by atoms with E-state index >= 15 is 0 Å². The Morgan fingerprint density at radius 3 is 2.27 bits per heavy atom. The Hall–Kier alpha value is -2.80. The third-order valence-corrected chi connectivity index (χ3v) is 4.60. The number of nitrogens with zero attached hydrogens (tertiary/aromatic N) is 2. The highest BCUT2D eigenvalue weighted by Crippen LogP contribution is 2.30. The van der Waals surface area contributed by atoms with Crippen LogP contribution in [0.25, 0.3) is 10.9 Å². The van der Waals surface area contributed by atoms with Gasteiger partial charge in [0, 0.05) is 25.8 Å². The number of hydrogen-bond acceptors (Lipinski definition) is 5. The Bertz CT molecular complexity index is 1050. The van der Waals surface area contributed by atoms with Crippen LogP contribution in [0.3, 0.4) is 0 Å². The molecule has 0 unspecified atom stereocenters. The summed E-state index contributed by atoms with van der Waals surface area (Å²) in [6.07, 6.45) is 0. The quantitative estimate of drug-likeness (QED) is 0.698. The molecule has 0 aliphatic carbocycles. The number of aromatic amines is 1. The van der Waals surface area contributed by atoms with Crippen molar-refractivity contribution in [3.63, 3.8) is 0 Å². The molecule has 0 bridgehead atoms. The number of fused-ring (bicyclic) bond motifs is 1. The lowest BCUT2D eigenvalue weighted by molar-refractivity contribution is 0.355. The molecule has 3 aromatic rings. The molecule has 2 aromatic carbocycles. The molecule has 1 N–H and O–H groups in total. The summed E-state index contributed by atoms with van der Waals surface area (Å²) in [5.41, 5.74) is 2.55. The van der Waals surface area contributed by atoms with Gasteiger partial charge in [0.05, 0.1) is 31.7 Å². The Labute approximate surface area is 156 Å². The molecule has 1 heterocycles. The fourth-order valence-corrected chi connectivity index (χ4v) is 3.06. The van der Waals surface area contributed by atoms with Gasteiger partial charge in [0.25, 0.3) is 5.56 Å². The summed E-state index contributed by atoms with van der Waals surface area (Å²) in [7, 11) is 7.07. The number of H-pyrrole nitrogens is 1. The van der Waals surface area contributed by atoms with E-state index in [9.17, 15) is 4.79 Å². The SMILES string of the molecule is COc1cc2[nH]c(=S)n(Cc3ccc(N(C)C)cc3)c(=O)c2cc1OC. The second kappa shape index (κ2) is 7.21. The van der Waals surface area contributed by atoms with Gasteiger partial charge in [-0.2, -0.15) is 0 Å². The topological polar surface area (TPSA) is 59.5 Å². The van der Waals surface area contributed by atoms with E-state index in [1.54, 1.807) is 30.9 Å². The van der Waals surface area contributed by atoms with E-state index in [0.29, 0.717) is 33.7 Å². The molecule has 6 nitrogen and oxygen atoms in total. The van der Waals surface area contributed by atoms with Gasteiger partial charge in [0.2, 0.25) is 0 Å². The molecule has 0 amide bonds. The van der Waals surface area contributed by atoms with Crippen LogP contribution in [0.2, 0.25) is 0 Å². The van der Waals surface area contributed by atoms with Gasteiger partial charge in [-0.05, 0) is 36.0 Å². The van der Waals surface area contributed by atoms with Crippen molar-refractivity contribution in [2.45, 2.75) is 6.54 Å². The van der Waals surface area contributed by atoms with Gasteiger partial charge in [-0.25, -0.2) is 0 Å². The van der Waals surface area contributed by atoms with Crippen molar-refractivity contribution in [3.8, 4) is 11.5 Å². The van der Waals surface area contributed by atoms with Gasteiger partial charge in [-0.15, -0.1) is 0 Å². The van der Waals surface area contributed by atoms with Crippen LogP contribution in [0.4, 0.5) is 5.69 Å². The molecular weight excluding hydrogens is 350 g/mol. The summed E-state index contributed by atoms with van der Waals surface area (Å²) in [4.78, 5) is 18.1. The third kappa shape index (κ3) is 3.30. The van der Waals surface area contributed by atoms with E-state index in [1.807, 2.05) is 43.3 Å². The number of rotatable bonds is 5. The molecule has 0 saturated carbocycles. The normalized spacial score (nSPS) is 10.8. The smallest absolute Gasteiger partial charge is 0.262 e. The van der Waals surface area contributed by atoms with Crippen LogP contribution >= 0.6 is 12.2 Å². The summed E-state index contributed by atoms with van der Waals surface area (Å²) in [5.74, 6) is 1.05. The zero-order valence-corrected chi connectivity index (χ0v) is 16.0. The lowest BCUT2D eigenvalue weighted by atomic mass is 10.2. The molecule has 0 saturated heterocycles. The summed E-state index contributed by atoms with van der Waals surface area (Å²) in [5, 5.41) is 0.501. The first-order valence-electron chi connectivity index (χ1n) is 8.09. The first kappa shape index (κ1) is 18.0. The minimum Gasteiger partial charge on any atom is -0.493 e. The Morgan fingerprint density at radius 1 is 1.08 bits per heavy atom. The zero-order chi connectivity index (χ0) is 18.8. The average Bonchev–Trinajstić information content (AvgIpc) is 2.64. The van der Waals surface area contributed by atoms with Crippen LogP contribution < -0.4 is 19.9 Å². The van der Waals surface area contributed by atoms with E-state index in [4.69, 9.17) is 21.7 Å². The van der Waals surface area contributed by atoms with Crippen LogP contribution in [0.1, 0.15) is 5.56 Å². The van der Waals surface area contributed by atoms with E-state index in [-0.39, 0.29) is 5.56 Å². The number of anilines is 1. The number of aromatic nitrogens is 2. The number of nitrogens with one attached hydrogen (secondary N) is 1. The average molecular weight is 371 g/mol. The molecule has 136 valence electrons. The van der Waals surface area contributed by atoms with Gasteiger partial charge >= 0.3 is 0 Å². The van der Waals surface area contributed by atoms with Crippen molar-refractivity contribution in [1.82, 2.24) is 9.55 Å². The molecule has 1 aromatic heterocycles. The molecule has 0 fully saturated rings. The van der Waals surface area contributed by atoms with E-state index in [1.165, 1.54) is 0 Å². The molecular formula is C19H21N3O3S. The van der Waals surface area contributed by atoms with Crippen molar-refractivity contribution in [3.05, 3.63) is 57.1 Å². The minimum atomic E-state index is -0.165. The summed E-state index contributed by atoms with van der Waals surface area (Å²) in [6.45, 7) is 0.395. The zero-order valence-electron chi connectivity index (χ0n) is 15.2. The summed E-state index contributed by atoms with van der Waals surface area (Å²) < 4.78 is 12.5. The fraction of sp³-hybridized carbons (Fsp3) is 0.263. The maximum absolute atomic E-state index is 13.0. The van der Waals surface area contributed by atoms with Gasteiger partial charge in [-0.1, -0.05) is 12.1 Å². The molecule has 0 atom stereocenters. The van der Waals surface area contributed by atoms with Crippen molar-refractivity contribution in [2.75, 3.05) is 33.2 Å².